The Labute approximate surface area is 293 Å². The van der Waals surface area contributed by atoms with E-state index in [0.717, 1.165) is 69.6 Å². The predicted molar refractivity (Wildman–Crippen MR) is 197 cm³/mol. The minimum absolute atomic E-state index is 0.0444. The lowest BCUT2D eigenvalue weighted by molar-refractivity contribution is -0.218. The molecule has 5 aliphatic carbocycles. The van der Waals surface area contributed by atoms with E-state index in [9.17, 15) is 18.3 Å². The van der Waals surface area contributed by atoms with Crippen molar-refractivity contribution >= 4 is 15.8 Å². The summed E-state index contributed by atoms with van der Waals surface area (Å²) in [5, 5.41) is 13.6. The van der Waals surface area contributed by atoms with Crippen molar-refractivity contribution in [2.45, 2.75) is 149 Å². The summed E-state index contributed by atoms with van der Waals surface area (Å²) in [5.41, 5.74) is 4.02. The number of carbonyl (C=O) groups is 1. The lowest BCUT2D eigenvalue weighted by Gasteiger charge is -2.72. The number of allylic oxidation sites excluding steroid dienone is 4. The molecule has 1 heterocycles. The third-order valence-electron chi connectivity index (χ3n) is 16.4. The highest BCUT2D eigenvalue weighted by atomic mass is 32.2. The Hall–Kier alpha value is -1.18. The van der Waals surface area contributed by atoms with Gasteiger partial charge in [-0.25, -0.2) is 8.42 Å². The van der Waals surface area contributed by atoms with Crippen molar-refractivity contribution in [3.8, 4) is 0 Å². The number of carboxylic acid groups (broad SMARTS) is 1. The highest BCUT2D eigenvalue weighted by molar-refractivity contribution is 7.91. The Morgan fingerprint density at radius 1 is 0.917 bits per heavy atom. The maximum Gasteiger partial charge on any atom is 0.303 e. The van der Waals surface area contributed by atoms with Crippen LogP contribution >= 0.6 is 0 Å². The normalized spacial score (nSPS) is 41.9. The van der Waals surface area contributed by atoms with Crippen molar-refractivity contribution in [3.05, 3.63) is 23.3 Å². The summed E-state index contributed by atoms with van der Waals surface area (Å²) >= 11 is 0. The molecule has 0 aromatic heterocycles. The molecule has 0 spiro atoms. The van der Waals surface area contributed by atoms with E-state index in [1.165, 1.54) is 75.2 Å². The Bertz CT molecular complexity index is 1390. The molecule has 0 aromatic carbocycles. The van der Waals surface area contributed by atoms with Crippen LogP contribution in [0.25, 0.3) is 0 Å². The maximum absolute atomic E-state index is 12.1. The Morgan fingerprint density at radius 3 is 2.31 bits per heavy atom. The van der Waals surface area contributed by atoms with E-state index < -0.39 is 15.8 Å². The van der Waals surface area contributed by atoms with E-state index in [1.54, 1.807) is 0 Å². The molecule has 48 heavy (non-hydrogen) atoms. The topological polar surface area (TPSA) is 86.7 Å². The minimum Gasteiger partial charge on any atom is -0.481 e. The summed E-state index contributed by atoms with van der Waals surface area (Å²) in [4.78, 5) is 14.0. The van der Waals surface area contributed by atoms with Gasteiger partial charge < -0.3 is 15.3 Å². The van der Waals surface area contributed by atoms with Crippen LogP contribution in [0.3, 0.4) is 0 Å². The summed E-state index contributed by atoms with van der Waals surface area (Å²) < 4.78 is 24.1. The van der Waals surface area contributed by atoms with Crippen LogP contribution in [0.1, 0.15) is 138 Å². The molecule has 5 fully saturated rings. The van der Waals surface area contributed by atoms with Gasteiger partial charge >= 0.3 is 5.97 Å². The lowest BCUT2D eigenvalue weighted by atomic mass is 9.33. The van der Waals surface area contributed by atoms with Gasteiger partial charge in [-0.3, -0.25) is 4.79 Å². The molecule has 1 aliphatic heterocycles. The molecular weight excluding hydrogens is 617 g/mol. The van der Waals surface area contributed by atoms with Crippen molar-refractivity contribution < 1.29 is 18.3 Å². The molecule has 6 nitrogen and oxygen atoms in total. The minimum atomic E-state index is -2.93. The Kier molecular flexibility index (Phi) is 9.99. The smallest absolute Gasteiger partial charge is 0.303 e. The van der Waals surface area contributed by atoms with Gasteiger partial charge in [-0.15, -0.1) is 0 Å². The van der Waals surface area contributed by atoms with Crippen molar-refractivity contribution in [1.29, 1.82) is 0 Å². The number of nitrogens with zero attached hydrogens (tertiary/aromatic N) is 1. The molecule has 0 aromatic rings. The van der Waals surface area contributed by atoms with Gasteiger partial charge in [-0.05, 0) is 153 Å². The Morgan fingerprint density at radius 2 is 1.65 bits per heavy atom. The van der Waals surface area contributed by atoms with Crippen LogP contribution in [-0.4, -0.2) is 67.6 Å². The second-order valence-electron chi connectivity index (χ2n) is 18.7. The van der Waals surface area contributed by atoms with E-state index in [4.69, 9.17) is 0 Å². The first kappa shape index (κ1) is 36.6. The number of rotatable bonds is 10. The predicted octanol–water partition coefficient (Wildman–Crippen LogP) is 8.43. The molecule has 272 valence electrons. The highest BCUT2D eigenvalue weighted by Crippen LogP contribution is 2.76. The van der Waals surface area contributed by atoms with Gasteiger partial charge in [-0.2, -0.15) is 0 Å². The van der Waals surface area contributed by atoms with Gasteiger partial charge in [0.1, 0.15) is 9.84 Å². The fraction of sp³-hybridized carbons (Fsp3) is 0.878. The Balaban J connectivity index is 1.17. The van der Waals surface area contributed by atoms with Crippen molar-refractivity contribution in [3.63, 3.8) is 0 Å². The molecule has 8 atom stereocenters. The number of nitrogens with one attached hydrogen (secondary N) is 1. The van der Waals surface area contributed by atoms with Crippen LogP contribution in [0.2, 0.25) is 0 Å². The maximum atomic E-state index is 12.1. The zero-order valence-corrected chi connectivity index (χ0v) is 32.3. The third-order valence-corrected chi connectivity index (χ3v) is 18.1. The standard InChI is InChI=1S/C41H68N2O4S/c1-8-10-29(12-15-36(44)45)31-16-21-38(4)34(37(31,2)3)17-22-40(6)35(38)14-13-32-33-11-9-20-41(33,24-23-39(32,40)5)42-25-28-43-26-18-30(19-27-43)48(7,46)47/h10,16,30,32-35,42H,8-9,11-15,17-28H2,1-7H3,(H,44,45)/b29-10+/t32?,33-,34?,35?,38?,39-,40?,41?/m1/s1. The first-order valence-electron chi connectivity index (χ1n) is 19.8. The molecule has 0 bridgehead atoms. The number of likely N-dealkylation sites (tertiary alicyclic amines) is 1. The van der Waals surface area contributed by atoms with E-state index in [0.29, 0.717) is 23.2 Å². The fourth-order valence-corrected chi connectivity index (χ4v) is 15.0. The zero-order valence-electron chi connectivity index (χ0n) is 31.5. The highest BCUT2D eigenvalue weighted by Gasteiger charge is 2.69. The van der Waals surface area contributed by atoms with Gasteiger partial charge in [0.25, 0.3) is 0 Å². The summed E-state index contributed by atoms with van der Waals surface area (Å²) in [6.07, 6.45) is 22.7. The van der Waals surface area contributed by atoms with Gasteiger partial charge in [0.05, 0.1) is 5.25 Å². The van der Waals surface area contributed by atoms with Crippen LogP contribution in [0.15, 0.2) is 23.3 Å². The molecule has 2 N–H and O–H groups in total. The molecule has 0 radical (unpaired) electrons. The summed E-state index contributed by atoms with van der Waals surface area (Å²) in [6.45, 7) is 19.1. The zero-order chi connectivity index (χ0) is 34.8. The van der Waals surface area contributed by atoms with Crippen molar-refractivity contribution in [2.24, 2.45) is 45.3 Å². The average molecular weight is 685 g/mol. The summed E-state index contributed by atoms with van der Waals surface area (Å²) in [5.74, 6) is 2.19. The number of aliphatic carboxylic acids is 1. The van der Waals surface area contributed by atoms with E-state index >= 15 is 0 Å². The number of piperidine rings is 1. The van der Waals surface area contributed by atoms with Crippen LogP contribution in [0.4, 0.5) is 0 Å². The average Bonchev–Trinajstić information content (AvgIpc) is 3.43. The van der Waals surface area contributed by atoms with Crippen LogP contribution < -0.4 is 5.32 Å². The third kappa shape index (κ3) is 5.99. The molecule has 7 heteroatoms. The molecular formula is C41H68N2O4S. The number of sulfone groups is 1. The molecule has 6 rings (SSSR count). The molecule has 6 aliphatic rings. The SMILES string of the molecule is CC/C=C(\CCC(=O)O)C1=CCC2(C)C(CCC3(C)C2CCC2[C@H]4CCCC4(NCCN4CCC(S(C)(=O)=O)CC4)CC[C@]23C)C1(C)C. The lowest BCUT2D eigenvalue weighted by Crippen LogP contribution is -2.67. The molecule has 0 amide bonds. The number of hydrogen-bond donors (Lipinski definition) is 2. The van der Waals surface area contributed by atoms with E-state index in [2.05, 4.69) is 63.9 Å². The van der Waals surface area contributed by atoms with Crippen molar-refractivity contribution in [1.82, 2.24) is 10.2 Å². The number of carboxylic acids is 1. The summed E-state index contributed by atoms with van der Waals surface area (Å²) in [6, 6.07) is 0. The monoisotopic (exact) mass is 684 g/mol. The van der Waals surface area contributed by atoms with Gasteiger partial charge in [0, 0.05) is 31.3 Å². The van der Waals surface area contributed by atoms with Gasteiger partial charge in [0.2, 0.25) is 0 Å². The fourth-order valence-electron chi connectivity index (χ4n) is 13.9. The first-order valence-corrected chi connectivity index (χ1v) is 21.8. The van der Waals surface area contributed by atoms with E-state index in [1.807, 2.05) is 0 Å². The molecule has 6 unspecified atom stereocenters. The number of hydrogen-bond acceptors (Lipinski definition) is 5. The summed E-state index contributed by atoms with van der Waals surface area (Å²) in [7, 11) is -2.93. The van der Waals surface area contributed by atoms with Gasteiger partial charge in [-0.1, -0.05) is 60.1 Å². The van der Waals surface area contributed by atoms with Crippen LogP contribution in [-0.2, 0) is 14.6 Å². The quantitative estimate of drug-likeness (QED) is 0.240. The molecule has 4 saturated carbocycles. The second-order valence-corrected chi connectivity index (χ2v) is 21.0. The van der Waals surface area contributed by atoms with Gasteiger partial charge in [0.15, 0.2) is 0 Å². The first-order chi connectivity index (χ1) is 22.5. The van der Waals surface area contributed by atoms with Crippen LogP contribution in [0.5, 0.6) is 0 Å². The number of fused-ring (bicyclic) bond motifs is 7. The molecule has 1 saturated heterocycles. The largest absolute Gasteiger partial charge is 0.481 e. The second kappa shape index (κ2) is 13.1. The van der Waals surface area contributed by atoms with Crippen LogP contribution in [0, 0.1) is 45.3 Å². The van der Waals surface area contributed by atoms with E-state index in [-0.39, 0.29) is 28.0 Å². The van der Waals surface area contributed by atoms with Crippen molar-refractivity contribution in [2.75, 3.05) is 32.4 Å².